The third-order valence-electron chi connectivity index (χ3n) is 4.96. The summed E-state index contributed by atoms with van der Waals surface area (Å²) in [7, 11) is 0. The summed E-state index contributed by atoms with van der Waals surface area (Å²) in [5.74, 6) is -1.86. The Labute approximate surface area is 176 Å². The van der Waals surface area contributed by atoms with Crippen LogP contribution >= 0.6 is 0 Å². The van der Waals surface area contributed by atoms with E-state index in [2.05, 4.69) is 9.99 Å². The van der Waals surface area contributed by atoms with Crippen LogP contribution in [0.25, 0.3) is 0 Å². The molecule has 0 aromatic heterocycles. The maximum absolute atomic E-state index is 16.4. The van der Waals surface area contributed by atoms with E-state index in [-0.39, 0.29) is 11.3 Å². The standard InChI is InChI=1S/C23H17FN2O5/c24-23(21(25-31-22(23)27)16-8-3-1-4-9-16)20(15-26(28)29)17-10-7-13-19(14-17)30-18-11-5-2-6-12-18/h1-14,20H,15H2/t20-,23+/m1/s1. The number of benzene rings is 3. The van der Waals surface area contributed by atoms with Crippen molar-refractivity contribution in [3.63, 3.8) is 0 Å². The monoisotopic (exact) mass is 420 g/mol. The fraction of sp³-hybridized carbons (Fsp3) is 0.130. The molecule has 156 valence electrons. The van der Waals surface area contributed by atoms with Crippen LogP contribution in [0.5, 0.6) is 11.5 Å². The summed E-state index contributed by atoms with van der Waals surface area (Å²) >= 11 is 0. The summed E-state index contributed by atoms with van der Waals surface area (Å²) < 4.78 is 22.1. The van der Waals surface area contributed by atoms with Crippen LogP contribution in [0.1, 0.15) is 17.0 Å². The highest BCUT2D eigenvalue weighted by Crippen LogP contribution is 2.41. The minimum absolute atomic E-state index is 0.218. The van der Waals surface area contributed by atoms with Crippen LogP contribution in [0.15, 0.2) is 90.1 Å². The number of ether oxygens (including phenoxy) is 1. The number of rotatable bonds is 7. The van der Waals surface area contributed by atoms with Gasteiger partial charge in [-0.2, -0.15) is 0 Å². The molecule has 0 aliphatic carbocycles. The second kappa shape index (κ2) is 8.35. The first-order valence-corrected chi connectivity index (χ1v) is 9.47. The Morgan fingerprint density at radius 2 is 1.65 bits per heavy atom. The number of nitrogens with zero attached hydrogens (tertiary/aromatic N) is 2. The molecule has 7 nitrogen and oxygen atoms in total. The lowest BCUT2D eigenvalue weighted by Crippen LogP contribution is -2.47. The zero-order valence-electron chi connectivity index (χ0n) is 16.2. The van der Waals surface area contributed by atoms with Crippen LogP contribution in [0.2, 0.25) is 0 Å². The molecule has 0 amide bonds. The van der Waals surface area contributed by atoms with Crippen LogP contribution in [-0.4, -0.2) is 28.8 Å². The minimum atomic E-state index is -2.83. The minimum Gasteiger partial charge on any atom is -0.457 e. The van der Waals surface area contributed by atoms with Gasteiger partial charge in [-0.05, 0) is 29.8 Å². The number of nitro groups is 1. The number of alkyl halides is 1. The topological polar surface area (TPSA) is 91.0 Å². The van der Waals surface area contributed by atoms with E-state index in [0.717, 1.165) is 0 Å². The number of carbonyl (C=O) groups excluding carboxylic acids is 1. The maximum Gasteiger partial charge on any atom is 0.379 e. The van der Waals surface area contributed by atoms with Gasteiger partial charge in [0, 0.05) is 10.5 Å². The van der Waals surface area contributed by atoms with Gasteiger partial charge in [-0.25, -0.2) is 9.18 Å². The smallest absolute Gasteiger partial charge is 0.379 e. The molecule has 1 heterocycles. The van der Waals surface area contributed by atoms with Crippen LogP contribution in [0.3, 0.4) is 0 Å². The van der Waals surface area contributed by atoms with Crippen molar-refractivity contribution in [1.82, 2.24) is 0 Å². The first-order chi connectivity index (χ1) is 15.0. The normalized spacial score (nSPS) is 18.7. The maximum atomic E-state index is 16.4. The Kier molecular flexibility index (Phi) is 5.44. The van der Waals surface area contributed by atoms with E-state index in [1.54, 1.807) is 66.7 Å². The fourth-order valence-corrected chi connectivity index (χ4v) is 3.51. The van der Waals surface area contributed by atoms with E-state index in [0.29, 0.717) is 17.1 Å². The molecule has 31 heavy (non-hydrogen) atoms. The second-order valence-electron chi connectivity index (χ2n) is 6.95. The Morgan fingerprint density at radius 3 is 2.32 bits per heavy atom. The first kappa shape index (κ1) is 20.2. The fourth-order valence-electron chi connectivity index (χ4n) is 3.51. The molecule has 0 saturated carbocycles. The first-order valence-electron chi connectivity index (χ1n) is 9.47. The lowest BCUT2D eigenvalue weighted by molar-refractivity contribution is -0.485. The SMILES string of the molecule is O=C1ON=C(c2ccccc2)[C@@]1(F)[C@H](C[N+](=O)[O-])c1cccc(Oc2ccccc2)c1. The van der Waals surface area contributed by atoms with Gasteiger partial charge in [-0.3, -0.25) is 10.1 Å². The Balaban J connectivity index is 1.75. The predicted octanol–water partition coefficient (Wildman–Crippen LogP) is 4.51. The van der Waals surface area contributed by atoms with Gasteiger partial charge in [-0.15, -0.1) is 0 Å². The Morgan fingerprint density at radius 1 is 1.00 bits per heavy atom. The zero-order chi connectivity index (χ0) is 21.8. The van der Waals surface area contributed by atoms with E-state index in [9.17, 15) is 14.9 Å². The van der Waals surface area contributed by atoms with Gasteiger partial charge in [0.1, 0.15) is 23.1 Å². The van der Waals surface area contributed by atoms with Crippen molar-refractivity contribution in [3.05, 3.63) is 106 Å². The molecule has 1 aliphatic rings. The highest BCUT2D eigenvalue weighted by Gasteiger charge is 2.59. The van der Waals surface area contributed by atoms with E-state index >= 15 is 4.39 Å². The third-order valence-corrected chi connectivity index (χ3v) is 4.96. The van der Waals surface area contributed by atoms with Crippen molar-refractivity contribution in [2.24, 2.45) is 5.16 Å². The van der Waals surface area contributed by atoms with Gasteiger partial charge in [0.15, 0.2) is 0 Å². The molecule has 0 bridgehead atoms. The molecule has 4 rings (SSSR count). The summed E-state index contributed by atoms with van der Waals surface area (Å²) in [6.45, 7) is -0.841. The van der Waals surface area contributed by atoms with E-state index in [1.807, 2.05) is 6.07 Å². The molecule has 3 aromatic carbocycles. The number of carbonyl (C=O) groups is 1. The molecule has 0 spiro atoms. The third kappa shape index (κ3) is 4.00. The Bertz CT molecular complexity index is 1140. The summed E-state index contributed by atoms with van der Waals surface area (Å²) in [5, 5.41) is 15.0. The van der Waals surface area contributed by atoms with Gasteiger partial charge in [-0.1, -0.05) is 65.8 Å². The molecule has 8 heteroatoms. The largest absolute Gasteiger partial charge is 0.457 e. The molecule has 1 aliphatic heterocycles. The summed E-state index contributed by atoms with van der Waals surface area (Å²) in [6.07, 6.45) is 0. The number of oxime groups is 1. The summed E-state index contributed by atoms with van der Waals surface area (Å²) in [6, 6.07) is 23.3. The van der Waals surface area contributed by atoms with Crippen molar-refractivity contribution >= 4 is 11.7 Å². The zero-order valence-corrected chi connectivity index (χ0v) is 16.2. The van der Waals surface area contributed by atoms with E-state index < -0.39 is 29.0 Å². The van der Waals surface area contributed by atoms with Crippen molar-refractivity contribution in [2.45, 2.75) is 11.6 Å². The van der Waals surface area contributed by atoms with Crippen molar-refractivity contribution in [3.8, 4) is 11.5 Å². The van der Waals surface area contributed by atoms with Crippen LogP contribution < -0.4 is 4.74 Å². The summed E-state index contributed by atoms with van der Waals surface area (Å²) in [4.78, 5) is 27.9. The van der Waals surface area contributed by atoms with Gasteiger partial charge >= 0.3 is 5.97 Å². The molecule has 2 atom stereocenters. The second-order valence-corrected chi connectivity index (χ2v) is 6.95. The highest BCUT2D eigenvalue weighted by molar-refractivity contribution is 6.21. The number of para-hydroxylation sites is 1. The average Bonchev–Trinajstić information content (AvgIpc) is 3.08. The van der Waals surface area contributed by atoms with Crippen LogP contribution in [0, 0.1) is 10.1 Å². The highest BCUT2D eigenvalue weighted by atomic mass is 19.1. The Hall–Kier alpha value is -4.07. The molecule has 0 saturated heterocycles. The molecule has 0 fully saturated rings. The van der Waals surface area contributed by atoms with Gasteiger partial charge < -0.3 is 9.57 Å². The molecule has 0 radical (unpaired) electrons. The van der Waals surface area contributed by atoms with Crippen molar-refractivity contribution < 1.29 is 23.7 Å². The molecule has 0 unspecified atom stereocenters. The number of hydrogen-bond acceptors (Lipinski definition) is 6. The van der Waals surface area contributed by atoms with Crippen molar-refractivity contribution in [1.29, 1.82) is 0 Å². The van der Waals surface area contributed by atoms with Crippen molar-refractivity contribution in [2.75, 3.05) is 6.54 Å². The lowest BCUT2D eigenvalue weighted by atomic mass is 9.78. The van der Waals surface area contributed by atoms with Crippen LogP contribution in [-0.2, 0) is 9.63 Å². The van der Waals surface area contributed by atoms with E-state index in [4.69, 9.17) is 4.74 Å². The van der Waals surface area contributed by atoms with Gasteiger partial charge in [0.25, 0.3) is 5.67 Å². The predicted molar refractivity (Wildman–Crippen MR) is 110 cm³/mol. The number of hydrogen-bond donors (Lipinski definition) is 0. The molecule has 0 N–H and O–H groups in total. The molecular formula is C23H17FN2O5. The van der Waals surface area contributed by atoms with E-state index in [1.165, 1.54) is 12.1 Å². The molecule has 3 aromatic rings. The average molecular weight is 420 g/mol. The van der Waals surface area contributed by atoms with Gasteiger partial charge in [0.2, 0.25) is 6.54 Å². The quantitative estimate of drug-likeness (QED) is 0.319. The number of halogens is 1. The summed E-state index contributed by atoms with van der Waals surface area (Å²) in [5.41, 5.74) is -2.60. The molecular weight excluding hydrogens is 403 g/mol. The van der Waals surface area contributed by atoms with Gasteiger partial charge in [0.05, 0.1) is 0 Å². The van der Waals surface area contributed by atoms with Crippen LogP contribution in [0.4, 0.5) is 4.39 Å². The lowest BCUT2D eigenvalue weighted by Gasteiger charge is -2.25.